The zero-order valence-corrected chi connectivity index (χ0v) is 16.9. The van der Waals surface area contributed by atoms with Crippen molar-refractivity contribution in [1.29, 1.82) is 0 Å². The Kier molecular flexibility index (Phi) is 4.32. The number of nitrogens with zero attached hydrogens (tertiary/aromatic N) is 3. The lowest BCUT2D eigenvalue weighted by molar-refractivity contribution is 0.253. The van der Waals surface area contributed by atoms with Crippen molar-refractivity contribution in [1.82, 2.24) is 25.1 Å². The van der Waals surface area contributed by atoms with Crippen molar-refractivity contribution in [3.05, 3.63) is 51.8 Å². The highest BCUT2D eigenvalue weighted by Crippen LogP contribution is 2.37. The molecule has 0 radical (unpaired) electrons. The smallest absolute Gasteiger partial charge is 0.272 e. The lowest BCUT2D eigenvalue weighted by Crippen LogP contribution is -2.29. The largest absolute Gasteiger partial charge is 0.394 e. The number of likely N-dealkylation sites (tertiary alicyclic amines) is 1. The van der Waals surface area contributed by atoms with Gasteiger partial charge < -0.3 is 15.6 Å². The summed E-state index contributed by atoms with van der Waals surface area (Å²) in [5, 5.41) is 7.22. The van der Waals surface area contributed by atoms with Gasteiger partial charge in [0.2, 0.25) is 0 Å². The molecule has 154 valence electrons. The number of hydrogen-bond donors (Lipinski definition) is 3. The van der Waals surface area contributed by atoms with Gasteiger partial charge in [0.25, 0.3) is 5.56 Å². The average Bonchev–Trinajstić information content (AvgIpc) is 3.22. The number of pyridine rings is 2. The Morgan fingerprint density at radius 3 is 2.80 bits per heavy atom. The maximum Gasteiger partial charge on any atom is 0.272 e. The van der Waals surface area contributed by atoms with E-state index in [4.69, 9.17) is 10.7 Å². The SMILES string of the molecule is Cc1cc2[nH]c(=O)c(N)c(-c3ccc(F)c4[nH]ncc34)c2nc1C1CCN(C)CC1. The minimum atomic E-state index is -0.408. The Bertz CT molecular complexity index is 1330. The molecule has 0 unspecified atom stereocenters. The minimum Gasteiger partial charge on any atom is -0.394 e. The maximum atomic E-state index is 14.2. The van der Waals surface area contributed by atoms with Crippen LogP contribution >= 0.6 is 0 Å². The summed E-state index contributed by atoms with van der Waals surface area (Å²) in [5.41, 5.74) is 10.7. The molecule has 0 atom stereocenters. The topological polar surface area (TPSA) is 104 Å². The van der Waals surface area contributed by atoms with Gasteiger partial charge in [-0.2, -0.15) is 5.10 Å². The molecule has 0 aliphatic carbocycles. The zero-order chi connectivity index (χ0) is 21.0. The van der Waals surface area contributed by atoms with Gasteiger partial charge in [0.15, 0.2) is 0 Å². The van der Waals surface area contributed by atoms with Crippen molar-refractivity contribution in [3.8, 4) is 11.1 Å². The predicted octanol–water partition coefficient (Wildman–Crippen LogP) is 3.31. The van der Waals surface area contributed by atoms with Crippen molar-refractivity contribution in [2.45, 2.75) is 25.7 Å². The Morgan fingerprint density at radius 2 is 2.03 bits per heavy atom. The highest BCUT2D eigenvalue weighted by molar-refractivity contribution is 6.06. The number of nitrogens with one attached hydrogen (secondary N) is 2. The molecule has 3 aromatic heterocycles. The Labute approximate surface area is 172 Å². The molecule has 0 amide bonds. The van der Waals surface area contributed by atoms with Crippen LogP contribution in [0.1, 0.15) is 30.0 Å². The van der Waals surface area contributed by atoms with E-state index >= 15 is 0 Å². The van der Waals surface area contributed by atoms with Crippen molar-refractivity contribution in [3.63, 3.8) is 0 Å². The summed E-state index contributed by atoms with van der Waals surface area (Å²) in [6.07, 6.45) is 3.62. The van der Waals surface area contributed by atoms with E-state index in [1.165, 1.54) is 6.07 Å². The zero-order valence-electron chi connectivity index (χ0n) is 16.9. The monoisotopic (exact) mass is 406 g/mol. The summed E-state index contributed by atoms with van der Waals surface area (Å²) in [5.74, 6) is -0.0523. The van der Waals surface area contributed by atoms with E-state index in [-0.39, 0.29) is 16.8 Å². The molecular formula is C22H23FN6O. The maximum absolute atomic E-state index is 14.2. The molecule has 0 saturated carbocycles. The number of nitrogen functional groups attached to an aromatic ring is 1. The van der Waals surface area contributed by atoms with Crippen molar-refractivity contribution in [2.75, 3.05) is 25.9 Å². The first-order valence-corrected chi connectivity index (χ1v) is 10.1. The van der Waals surface area contributed by atoms with Gasteiger partial charge in [-0.25, -0.2) is 9.37 Å². The number of benzene rings is 1. The summed E-state index contributed by atoms with van der Waals surface area (Å²) in [4.78, 5) is 22.8. The van der Waals surface area contributed by atoms with Gasteiger partial charge in [-0.05, 0) is 63.2 Å². The molecule has 0 spiro atoms. The molecule has 1 aliphatic rings. The first-order valence-electron chi connectivity index (χ1n) is 10.1. The van der Waals surface area contributed by atoms with Crippen LogP contribution in [0.25, 0.3) is 33.1 Å². The first kappa shape index (κ1) is 18.7. The van der Waals surface area contributed by atoms with Gasteiger partial charge in [-0.3, -0.25) is 9.89 Å². The van der Waals surface area contributed by atoms with Gasteiger partial charge in [0.05, 0.1) is 17.2 Å². The van der Waals surface area contributed by atoms with Crippen LogP contribution in [0.4, 0.5) is 10.1 Å². The Morgan fingerprint density at radius 1 is 1.27 bits per heavy atom. The van der Waals surface area contributed by atoms with Crippen molar-refractivity contribution in [2.24, 2.45) is 0 Å². The average molecular weight is 406 g/mol. The van der Waals surface area contributed by atoms with Gasteiger partial charge >= 0.3 is 0 Å². The molecule has 1 aromatic carbocycles. The quantitative estimate of drug-likeness (QED) is 0.474. The lowest BCUT2D eigenvalue weighted by atomic mass is 9.90. The fourth-order valence-electron chi connectivity index (χ4n) is 4.53. The summed E-state index contributed by atoms with van der Waals surface area (Å²) < 4.78 is 14.2. The number of anilines is 1. The van der Waals surface area contributed by atoms with Crippen LogP contribution < -0.4 is 11.3 Å². The molecule has 0 bridgehead atoms. The number of halogens is 1. The molecule has 1 fully saturated rings. The van der Waals surface area contributed by atoms with Gasteiger partial charge in [0.1, 0.15) is 17.0 Å². The molecule has 7 nitrogen and oxygen atoms in total. The second-order valence-electron chi connectivity index (χ2n) is 8.16. The van der Waals surface area contributed by atoms with Crippen LogP contribution in [-0.2, 0) is 0 Å². The van der Waals surface area contributed by atoms with Crippen LogP contribution in [0.5, 0.6) is 0 Å². The lowest BCUT2D eigenvalue weighted by Gasteiger charge is -2.29. The van der Waals surface area contributed by atoms with E-state index < -0.39 is 5.82 Å². The van der Waals surface area contributed by atoms with Crippen LogP contribution in [0, 0.1) is 12.7 Å². The first-order chi connectivity index (χ1) is 14.4. The second-order valence-corrected chi connectivity index (χ2v) is 8.16. The summed E-state index contributed by atoms with van der Waals surface area (Å²) in [6.45, 7) is 4.08. The Hall–Kier alpha value is -3.26. The van der Waals surface area contributed by atoms with E-state index in [0.717, 1.165) is 37.2 Å². The number of aryl methyl sites for hydroxylation is 1. The van der Waals surface area contributed by atoms with Crippen LogP contribution in [0.15, 0.2) is 29.2 Å². The van der Waals surface area contributed by atoms with Crippen LogP contribution in [0.3, 0.4) is 0 Å². The molecule has 1 saturated heterocycles. The fraction of sp³-hybridized carbons (Fsp3) is 0.318. The molecular weight excluding hydrogens is 383 g/mol. The third-order valence-corrected chi connectivity index (χ3v) is 6.19. The number of rotatable bonds is 2. The van der Waals surface area contributed by atoms with E-state index in [0.29, 0.717) is 33.5 Å². The number of hydrogen-bond acceptors (Lipinski definition) is 5. The molecule has 1 aliphatic heterocycles. The van der Waals surface area contributed by atoms with E-state index in [2.05, 4.69) is 27.1 Å². The normalized spacial score (nSPS) is 16.0. The number of aromatic nitrogens is 4. The van der Waals surface area contributed by atoms with Gasteiger partial charge in [-0.1, -0.05) is 6.07 Å². The number of nitrogens with two attached hydrogens (primary N) is 1. The minimum absolute atomic E-state index is 0.0716. The number of H-pyrrole nitrogens is 2. The molecule has 30 heavy (non-hydrogen) atoms. The van der Waals surface area contributed by atoms with Crippen LogP contribution in [-0.4, -0.2) is 45.2 Å². The third-order valence-electron chi connectivity index (χ3n) is 6.19. The van der Waals surface area contributed by atoms with Crippen LogP contribution in [0.2, 0.25) is 0 Å². The van der Waals surface area contributed by atoms with Crippen molar-refractivity contribution < 1.29 is 4.39 Å². The summed E-state index contributed by atoms with van der Waals surface area (Å²) >= 11 is 0. The third kappa shape index (κ3) is 2.87. The van der Waals surface area contributed by atoms with Gasteiger partial charge in [0, 0.05) is 22.6 Å². The summed E-state index contributed by atoms with van der Waals surface area (Å²) in [6, 6.07) is 4.96. The second kappa shape index (κ2) is 6.91. The van der Waals surface area contributed by atoms with Crippen molar-refractivity contribution >= 4 is 27.6 Å². The highest BCUT2D eigenvalue weighted by Gasteiger charge is 2.24. The molecule has 5 rings (SSSR count). The molecule has 8 heteroatoms. The van der Waals surface area contributed by atoms with E-state index in [9.17, 15) is 9.18 Å². The highest BCUT2D eigenvalue weighted by atomic mass is 19.1. The summed E-state index contributed by atoms with van der Waals surface area (Å²) in [7, 11) is 2.13. The standard InChI is InChI=1S/C22H23FN6O/c1-11-9-16-21(27-19(11)12-5-7-29(2)8-6-12)17(18(24)22(30)26-16)13-3-4-15(23)20-14(13)10-25-28-20/h3-4,9-10,12H,5-8,24H2,1-2H3,(H,25,28)(H,26,30). The van der Waals surface area contributed by atoms with E-state index in [1.807, 2.05) is 13.0 Å². The number of fused-ring (bicyclic) bond motifs is 2. The number of aromatic amines is 2. The fourth-order valence-corrected chi connectivity index (χ4v) is 4.53. The molecule has 4 N–H and O–H groups in total. The van der Waals surface area contributed by atoms with Gasteiger partial charge in [-0.15, -0.1) is 0 Å². The predicted molar refractivity (Wildman–Crippen MR) is 116 cm³/mol. The molecule has 4 aromatic rings. The number of piperidine rings is 1. The molecule has 4 heterocycles. The Balaban J connectivity index is 1.79. The van der Waals surface area contributed by atoms with E-state index in [1.54, 1.807) is 12.3 Å².